The Hall–Kier alpha value is -2.47. The Bertz CT molecular complexity index is 829. The fourth-order valence-electron chi connectivity index (χ4n) is 3.51. The summed E-state index contributed by atoms with van der Waals surface area (Å²) in [5.41, 5.74) is 3.02. The summed E-state index contributed by atoms with van der Waals surface area (Å²) in [4.78, 5) is 27.8. The molecule has 2 aromatic carbocycles. The predicted octanol–water partition coefficient (Wildman–Crippen LogP) is 4.68. The van der Waals surface area contributed by atoms with E-state index in [4.69, 9.17) is 0 Å². The van der Waals surface area contributed by atoms with Crippen molar-refractivity contribution in [2.75, 3.05) is 29.6 Å². The van der Waals surface area contributed by atoms with E-state index >= 15 is 0 Å². The van der Waals surface area contributed by atoms with E-state index in [1.165, 1.54) is 23.4 Å². The van der Waals surface area contributed by atoms with Crippen molar-refractivity contribution in [2.24, 2.45) is 5.92 Å². The van der Waals surface area contributed by atoms with Crippen LogP contribution in [0.4, 0.5) is 11.4 Å². The monoisotopic (exact) mass is 425 g/mol. The lowest BCUT2D eigenvalue weighted by atomic mass is 9.99. The molecule has 0 unspecified atom stereocenters. The van der Waals surface area contributed by atoms with Gasteiger partial charge in [-0.3, -0.25) is 9.59 Å². The molecule has 3 rings (SSSR count). The number of rotatable bonds is 8. The van der Waals surface area contributed by atoms with E-state index in [2.05, 4.69) is 34.6 Å². The van der Waals surface area contributed by atoms with E-state index < -0.39 is 0 Å². The van der Waals surface area contributed by atoms with Gasteiger partial charge in [-0.05, 0) is 67.0 Å². The molecule has 1 aliphatic heterocycles. The number of nitrogens with one attached hydrogen (secondary N) is 2. The molecular formula is C24H31N3O2S. The number of carbonyl (C=O) groups is 2. The van der Waals surface area contributed by atoms with Crippen LogP contribution in [-0.4, -0.2) is 31.2 Å². The smallest absolute Gasteiger partial charge is 0.224 e. The number of piperidine rings is 1. The first-order valence-electron chi connectivity index (χ1n) is 10.6. The van der Waals surface area contributed by atoms with Gasteiger partial charge in [0.15, 0.2) is 0 Å². The van der Waals surface area contributed by atoms with Gasteiger partial charge in [0.25, 0.3) is 0 Å². The van der Waals surface area contributed by atoms with Gasteiger partial charge in [-0.1, -0.05) is 19.1 Å². The summed E-state index contributed by atoms with van der Waals surface area (Å²) in [6.07, 6.45) is 4.83. The zero-order valence-electron chi connectivity index (χ0n) is 17.8. The minimum atomic E-state index is -0.144. The summed E-state index contributed by atoms with van der Waals surface area (Å²) >= 11 is 1.69. The maximum atomic E-state index is 12.2. The number of anilines is 2. The highest BCUT2D eigenvalue weighted by molar-refractivity contribution is 7.98. The molecule has 0 bridgehead atoms. The molecule has 1 aliphatic rings. The minimum Gasteiger partial charge on any atom is -0.372 e. The summed E-state index contributed by atoms with van der Waals surface area (Å²) in [7, 11) is 0. The third-order valence-electron chi connectivity index (χ3n) is 5.53. The molecule has 1 saturated heterocycles. The normalized spacial score (nSPS) is 14.4. The fraction of sp³-hybridized carbons (Fsp3) is 0.417. The third kappa shape index (κ3) is 6.80. The van der Waals surface area contributed by atoms with Crippen molar-refractivity contribution >= 4 is 35.0 Å². The van der Waals surface area contributed by atoms with E-state index in [0.717, 1.165) is 30.3 Å². The van der Waals surface area contributed by atoms with Crippen LogP contribution < -0.4 is 15.5 Å². The summed E-state index contributed by atoms with van der Waals surface area (Å²) in [5.74, 6) is 0.542. The lowest BCUT2D eigenvalue weighted by Gasteiger charge is -2.32. The summed E-state index contributed by atoms with van der Waals surface area (Å²) in [6, 6.07) is 16.1. The van der Waals surface area contributed by atoms with Crippen LogP contribution in [0.25, 0.3) is 0 Å². The van der Waals surface area contributed by atoms with Crippen LogP contribution in [0.1, 0.15) is 38.2 Å². The lowest BCUT2D eigenvalue weighted by Crippen LogP contribution is -2.32. The highest BCUT2D eigenvalue weighted by atomic mass is 32.2. The second-order valence-electron chi connectivity index (χ2n) is 7.89. The molecule has 0 spiro atoms. The maximum Gasteiger partial charge on any atom is 0.224 e. The molecule has 2 aromatic rings. The Morgan fingerprint density at radius 3 is 2.23 bits per heavy atom. The molecule has 0 saturated carbocycles. The maximum absolute atomic E-state index is 12.2. The first kappa shape index (κ1) is 22.2. The first-order valence-corrected chi connectivity index (χ1v) is 11.8. The second-order valence-corrected chi connectivity index (χ2v) is 8.77. The summed E-state index contributed by atoms with van der Waals surface area (Å²) in [6.45, 7) is 4.96. The quantitative estimate of drug-likeness (QED) is 0.603. The minimum absolute atomic E-state index is 0.117. The van der Waals surface area contributed by atoms with Crippen LogP contribution in [0, 0.1) is 5.92 Å². The van der Waals surface area contributed by atoms with E-state index in [0.29, 0.717) is 6.54 Å². The topological polar surface area (TPSA) is 61.4 Å². The lowest BCUT2D eigenvalue weighted by molar-refractivity contribution is -0.124. The number of carbonyl (C=O) groups excluding carboxylic acids is 2. The Labute approximate surface area is 183 Å². The highest BCUT2D eigenvalue weighted by Gasteiger charge is 2.16. The van der Waals surface area contributed by atoms with Crippen molar-refractivity contribution in [1.82, 2.24) is 5.32 Å². The number of hydrogen-bond acceptors (Lipinski definition) is 4. The SMILES string of the molecule is CSc1ccc(CNC(=O)CCC(=O)Nc2ccc(N3CCC(C)CC3)cc2)cc1. The molecular weight excluding hydrogens is 394 g/mol. The van der Waals surface area contributed by atoms with Gasteiger partial charge in [-0.2, -0.15) is 0 Å². The average Bonchev–Trinajstić information content (AvgIpc) is 2.78. The van der Waals surface area contributed by atoms with E-state index in [-0.39, 0.29) is 24.7 Å². The van der Waals surface area contributed by atoms with Crippen LogP contribution in [0.5, 0.6) is 0 Å². The van der Waals surface area contributed by atoms with E-state index in [1.54, 1.807) is 11.8 Å². The molecule has 0 aromatic heterocycles. The van der Waals surface area contributed by atoms with Crippen LogP contribution in [0.15, 0.2) is 53.4 Å². The zero-order valence-corrected chi connectivity index (χ0v) is 18.6. The van der Waals surface area contributed by atoms with Crippen molar-refractivity contribution in [1.29, 1.82) is 0 Å². The Morgan fingerprint density at radius 2 is 1.60 bits per heavy atom. The molecule has 0 radical (unpaired) electrons. The van der Waals surface area contributed by atoms with Gasteiger partial charge in [0.1, 0.15) is 0 Å². The van der Waals surface area contributed by atoms with Crippen molar-refractivity contribution in [2.45, 2.75) is 44.0 Å². The molecule has 5 nitrogen and oxygen atoms in total. The summed E-state index contributed by atoms with van der Waals surface area (Å²) in [5, 5.41) is 5.75. The number of nitrogens with zero attached hydrogens (tertiary/aromatic N) is 1. The number of hydrogen-bond donors (Lipinski definition) is 2. The molecule has 0 atom stereocenters. The summed E-state index contributed by atoms with van der Waals surface area (Å²) < 4.78 is 0. The number of amides is 2. The van der Waals surface area contributed by atoms with Crippen molar-refractivity contribution in [3.05, 3.63) is 54.1 Å². The molecule has 30 heavy (non-hydrogen) atoms. The van der Waals surface area contributed by atoms with Gasteiger partial charge in [0.2, 0.25) is 11.8 Å². The van der Waals surface area contributed by atoms with E-state index in [1.807, 2.05) is 42.7 Å². The molecule has 1 fully saturated rings. The van der Waals surface area contributed by atoms with Crippen molar-refractivity contribution in [3.8, 4) is 0 Å². The molecule has 160 valence electrons. The molecule has 1 heterocycles. The predicted molar refractivity (Wildman–Crippen MR) is 125 cm³/mol. The van der Waals surface area contributed by atoms with Crippen LogP contribution >= 0.6 is 11.8 Å². The van der Waals surface area contributed by atoms with Gasteiger partial charge in [-0.15, -0.1) is 11.8 Å². The number of benzene rings is 2. The van der Waals surface area contributed by atoms with Crippen molar-refractivity contribution in [3.63, 3.8) is 0 Å². The van der Waals surface area contributed by atoms with Gasteiger partial charge >= 0.3 is 0 Å². The second kappa shape index (κ2) is 11.1. The largest absolute Gasteiger partial charge is 0.372 e. The van der Waals surface area contributed by atoms with Gasteiger partial charge < -0.3 is 15.5 Å². The third-order valence-corrected chi connectivity index (χ3v) is 6.27. The standard InChI is InChI=1S/C24H31N3O2S/c1-18-13-15-27(16-14-18)21-7-5-20(6-8-21)26-24(29)12-11-23(28)25-17-19-3-9-22(30-2)10-4-19/h3-10,18H,11-17H2,1-2H3,(H,25,28)(H,26,29). The Morgan fingerprint density at radius 1 is 0.967 bits per heavy atom. The Kier molecular flexibility index (Phi) is 8.20. The van der Waals surface area contributed by atoms with Crippen LogP contribution in [-0.2, 0) is 16.1 Å². The average molecular weight is 426 g/mol. The van der Waals surface area contributed by atoms with Crippen LogP contribution in [0.2, 0.25) is 0 Å². The molecule has 2 N–H and O–H groups in total. The fourth-order valence-corrected chi connectivity index (χ4v) is 3.91. The van der Waals surface area contributed by atoms with Gasteiger partial charge in [0.05, 0.1) is 0 Å². The van der Waals surface area contributed by atoms with E-state index in [9.17, 15) is 9.59 Å². The number of thioether (sulfide) groups is 1. The van der Waals surface area contributed by atoms with Gasteiger partial charge in [-0.25, -0.2) is 0 Å². The van der Waals surface area contributed by atoms with Gasteiger partial charge in [0, 0.05) is 48.7 Å². The Balaban J connectivity index is 1.37. The zero-order chi connectivity index (χ0) is 21.3. The highest BCUT2D eigenvalue weighted by Crippen LogP contribution is 2.24. The first-order chi connectivity index (χ1) is 14.5. The van der Waals surface area contributed by atoms with Crippen LogP contribution in [0.3, 0.4) is 0 Å². The molecule has 2 amide bonds. The molecule has 6 heteroatoms. The van der Waals surface area contributed by atoms with Crippen molar-refractivity contribution < 1.29 is 9.59 Å². The molecule has 0 aliphatic carbocycles.